The van der Waals surface area contributed by atoms with Gasteiger partial charge < -0.3 is 58.5 Å². The number of carbonyl (C=O) groups excluding carboxylic acids is 7. The Hall–Kier alpha value is -7.65. The van der Waals surface area contributed by atoms with E-state index >= 15 is 0 Å². The molecule has 6 aliphatic rings. The molecule has 21 heteroatoms. The number of carbonyl (C=O) groups is 7. The van der Waals surface area contributed by atoms with Crippen molar-refractivity contribution in [1.29, 1.82) is 0 Å². The molecule has 21 nitrogen and oxygen atoms in total. The summed E-state index contributed by atoms with van der Waals surface area (Å²) in [5.74, 6) is -2.07. The van der Waals surface area contributed by atoms with E-state index in [1.165, 1.54) is 50.6 Å². The third kappa shape index (κ3) is 11.8. The van der Waals surface area contributed by atoms with Crippen LogP contribution in [0.25, 0.3) is 0 Å². The predicted molar refractivity (Wildman–Crippen MR) is 289 cm³/mol. The summed E-state index contributed by atoms with van der Waals surface area (Å²) in [5.41, 5.74) is 1.41. The molecule has 3 aromatic rings. The maximum atomic E-state index is 14.4. The smallest absolute Gasteiger partial charge is 0.416 e. The van der Waals surface area contributed by atoms with Gasteiger partial charge in [0.15, 0.2) is 41.2 Å². The van der Waals surface area contributed by atoms with Crippen LogP contribution >= 0.6 is 0 Å². The zero-order chi connectivity index (χ0) is 57.2. The molecule has 2 spiro atoms. The molecule has 0 radical (unpaired) electrons. The quantitative estimate of drug-likeness (QED) is 0.0421. The summed E-state index contributed by atoms with van der Waals surface area (Å²) in [5, 5.41) is 26.6. The number of nitrogens with zero attached hydrogens (tertiary/aromatic N) is 4. The number of ether oxygens (including phenoxy) is 7. The molecule has 4 aliphatic heterocycles. The third-order valence-electron chi connectivity index (χ3n) is 16.3. The molecule has 9 rings (SSSR count). The van der Waals surface area contributed by atoms with E-state index in [1.54, 1.807) is 41.0 Å². The summed E-state index contributed by atoms with van der Waals surface area (Å²) in [4.78, 5) is 101. The summed E-state index contributed by atoms with van der Waals surface area (Å²) in [7, 11) is 2.85. The molecule has 2 aliphatic carbocycles. The molecule has 80 heavy (non-hydrogen) atoms. The number of Topliss-reactive ketones (excluding diaryl/α,β-unsaturated/α-hetero) is 1. The number of hydrogen-bond donors (Lipinski definition) is 3. The van der Waals surface area contributed by atoms with Gasteiger partial charge in [-0.1, -0.05) is 63.4 Å². The lowest BCUT2D eigenvalue weighted by molar-refractivity contribution is -0.146. The van der Waals surface area contributed by atoms with Crippen molar-refractivity contribution in [3.8, 4) is 23.0 Å². The average Bonchev–Trinajstić information content (AvgIpc) is 4.40. The van der Waals surface area contributed by atoms with E-state index in [0.717, 1.165) is 35.5 Å². The van der Waals surface area contributed by atoms with Crippen molar-refractivity contribution in [2.75, 3.05) is 63.5 Å². The highest BCUT2D eigenvalue weighted by molar-refractivity contribution is 6.07. The fraction of sp³-hybridized carbons (Fsp3) is 0.508. The Balaban J connectivity index is 0.867. The van der Waals surface area contributed by atoms with Gasteiger partial charge in [-0.2, -0.15) is 0 Å². The van der Waals surface area contributed by atoms with Crippen LogP contribution in [0.4, 0.5) is 21.0 Å². The first kappa shape index (κ1) is 57.0. The van der Waals surface area contributed by atoms with Gasteiger partial charge in [0.2, 0.25) is 5.91 Å². The second-order valence-electron chi connectivity index (χ2n) is 22.2. The number of methoxy groups -OCH3 is 2. The molecule has 4 fully saturated rings. The topological polar surface area (TPSA) is 250 Å². The Morgan fingerprint density at radius 1 is 0.688 bits per heavy atom. The predicted octanol–water partition coefficient (Wildman–Crippen LogP) is 6.49. The van der Waals surface area contributed by atoms with Crippen molar-refractivity contribution in [2.24, 2.45) is 22.7 Å². The Bertz CT molecular complexity index is 2920. The van der Waals surface area contributed by atoms with Gasteiger partial charge in [0, 0.05) is 38.1 Å². The number of aliphatic hydroxyl groups excluding tert-OH is 2. The number of rotatable bonds is 22. The Morgan fingerprint density at radius 3 is 1.62 bits per heavy atom. The Kier molecular flexibility index (Phi) is 16.8. The van der Waals surface area contributed by atoms with Crippen molar-refractivity contribution >= 4 is 53.0 Å². The molecule has 4 heterocycles. The monoisotopic (exact) mass is 1110 g/mol. The van der Waals surface area contributed by atoms with Gasteiger partial charge in [0.1, 0.15) is 19.8 Å². The fourth-order valence-electron chi connectivity index (χ4n) is 11.4. The van der Waals surface area contributed by atoms with Gasteiger partial charge in [-0.25, -0.2) is 19.4 Å². The highest BCUT2D eigenvalue weighted by atomic mass is 16.6. The van der Waals surface area contributed by atoms with Crippen LogP contribution in [0.2, 0.25) is 0 Å². The van der Waals surface area contributed by atoms with Crippen LogP contribution in [0.1, 0.15) is 104 Å². The van der Waals surface area contributed by atoms with Crippen molar-refractivity contribution in [1.82, 2.24) is 15.1 Å². The van der Waals surface area contributed by atoms with Gasteiger partial charge >= 0.3 is 18.2 Å². The maximum absolute atomic E-state index is 14.4. The lowest BCUT2D eigenvalue weighted by Gasteiger charge is -2.31. The minimum atomic E-state index is -1.49. The van der Waals surface area contributed by atoms with E-state index in [-0.39, 0.29) is 132 Å². The number of esters is 1. The molecule has 0 bridgehead atoms. The van der Waals surface area contributed by atoms with Crippen LogP contribution in [-0.4, -0.2) is 146 Å². The van der Waals surface area contributed by atoms with Crippen LogP contribution in [0.3, 0.4) is 0 Å². The van der Waals surface area contributed by atoms with E-state index in [1.807, 2.05) is 13.8 Å². The normalized spacial score (nSPS) is 21.4. The molecule has 6 atom stereocenters. The lowest BCUT2D eigenvalue weighted by Crippen LogP contribution is -2.50. The van der Waals surface area contributed by atoms with Crippen molar-refractivity contribution in [2.45, 2.75) is 116 Å². The molecule has 2 saturated heterocycles. The fourth-order valence-corrected chi connectivity index (χ4v) is 11.4. The molecule has 3 N–H and O–H groups in total. The number of fused-ring (bicyclic) bond motifs is 4. The summed E-state index contributed by atoms with van der Waals surface area (Å²) < 4.78 is 40.2. The van der Waals surface area contributed by atoms with Gasteiger partial charge in [-0.15, -0.1) is 0 Å². The minimum absolute atomic E-state index is 0.00639. The summed E-state index contributed by atoms with van der Waals surface area (Å²) in [6.45, 7) is 13.0. The number of ketones is 1. The minimum Gasteiger partial charge on any atom is -0.493 e. The van der Waals surface area contributed by atoms with Gasteiger partial charge in [-0.3, -0.25) is 24.0 Å². The van der Waals surface area contributed by atoms with E-state index in [2.05, 4.69) is 18.5 Å². The second kappa shape index (κ2) is 23.6. The maximum Gasteiger partial charge on any atom is 0.416 e. The summed E-state index contributed by atoms with van der Waals surface area (Å²) in [6.07, 6.45) is 3.00. The number of benzene rings is 3. The standard InChI is InChI=1S/C59H71N5O16/c1-8-19-78-50(66)26-38(34(3)4)51(67)60-35(5)45(65)23-36-11-13-37(14-12-36)31-80-57(73)64-42-28-49(47(75-7)25-40(42)53(69)62-33-59(17-18-59)30-44(62)55(64)71)77-22-10-21-76-48-27-41-39(24-46(48)74-6)52(68)61-32-58(15-16-58)29-43(61)54(70)63(41)56(72)79-20-9-2/h8-9,11-14,24-25,27-28,34-35,38,43-44,54-55,70-71H,1-2,10,15-23,26,29-33H2,3-7H3,(H,60,67)/t35-,38-,43-,44-,54?,55?/m0/s1. The van der Waals surface area contributed by atoms with Crippen molar-refractivity contribution in [3.63, 3.8) is 0 Å². The van der Waals surface area contributed by atoms with Crippen molar-refractivity contribution < 1.29 is 76.9 Å². The van der Waals surface area contributed by atoms with Crippen LogP contribution in [0.5, 0.6) is 23.0 Å². The van der Waals surface area contributed by atoms with Crippen LogP contribution in [0.15, 0.2) is 73.8 Å². The molecule has 3 aromatic carbocycles. The summed E-state index contributed by atoms with van der Waals surface area (Å²) in [6, 6.07) is 10.5. The van der Waals surface area contributed by atoms with Crippen LogP contribution in [0, 0.1) is 22.7 Å². The Labute approximate surface area is 464 Å². The van der Waals surface area contributed by atoms with Crippen molar-refractivity contribution in [3.05, 3.63) is 96.1 Å². The molecule has 2 unspecified atom stereocenters. The zero-order valence-electron chi connectivity index (χ0n) is 45.9. The number of hydrogen-bond acceptors (Lipinski definition) is 16. The highest BCUT2D eigenvalue weighted by Gasteiger charge is 2.59. The van der Waals surface area contributed by atoms with Crippen LogP contribution in [-0.2, 0) is 41.6 Å². The van der Waals surface area contributed by atoms with Crippen LogP contribution < -0.4 is 34.1 Å². The van der Waals surface area contributed by atoms with Gasteiger partial charge in [-0.05, 0) is 85.5 Å². The van der Waals surface area contributed by atoms with E-state index < -0.39 is 60.6 Å². The van der Waals surface area contributed by atoms with E-state index in [9.17, 15) is 43.8 Å². The third-order valence-corrected chi connectivity index (χ3v) is 16.3. The molecule has 428 valence electrons. The second-order valence-corrected chi connectivity index (χ2v) is 22.2. The summed E-state index contributed by atoms with van der Waals surface area (Å²) >= 11 is 0. The zero-order valence-corrected chi connectivity index (χ0v) is 45.9. The van der Waals surface area contributed by atoms with Gasteiger partial charge in [0.05, 0.1) is 80.4 Å². The molecule has 0 aromatic heterocycles. The highest BCUT2D eigenvalue weighted by Crippen LogP contribution is 2.58. The number of nitrogens with one attached hydrogen (secondary N) is 1. The Morgan fingerprint density at radius 2 is 1.16 bits per heavy atom. The number of anilines is 2. The molecule has 5 amide bonds. The number of amides is 5. The average molecular weight is 1110 g/mol. The lowest BCUT2D eigenvalue weighted by atomic mass is 9.91. The molecular weight excluding hydrogens is 1030 g/mol. The SMILES string of the molecule is C=CCOC(=O)C[C@H](C(=O)N[C@@H](C)C(=O)Cc1ccc(COC(=O)N2c3cc(OCCCOc4cc5c(cc4OC)C(=O)N4CC6(CC6)C[C@H]4C(O)N5C(=O)OCC=C)c(OC)cc3C(=O)N3CC4(CC4)C[C@H]3C2O)cc1)C(C)C. The first-order valence-electron chi connectivity index (χ1n) is 27.2. The van der Waals surface area contributed by atoms with E-state index in [4.69, 9.17) is 33.2 Å². The molecular formula is C59H71N5O16. The van der Waals surface area contributed by atoms with E-state index in [0.29, 0.717) is 37.1 Å². The first-order chi connectivity index (χ1) is 38.3. The number of aliphatic hydroxyl groups is 2. The first-order valence-corrected chi connectivity index (χ1v) is 27.2. The van der Waals surface area contributed by atoms with Gasteiger partial charge in [0.25, 0.3) is 11.8 Å². The largest absolute Gasteiger partial charge is 0.493 e. The molecule has 2 saturated carbocycles.